The van der Waals surface area contributed by atoms with E-state index in [1.54, 1.807) is 19.9 Å². The molecule has 5 heteroatoms. The first-order valence-electron chi connectivity index (χ1n) is 5.75. The summed E-state index contributed by atoms with van der Waals surface area (Å²) in [5.74, 6) is 0.841. The van der Waals surface area contributed by atoms with E-state index in [4.69, 9.17) is 4.42 Å². The van der Waals surface area contributed by atoms with Crippen molar-refractivity contribution in [3.63, 3.8) is 0 Å². The predicted molar refractivity (Wildman–Crippen MR) is 61.1 cm³/mol. The zero-order chi connectivity index (χ0) is 12.4. The van der Waals surface area contributed by atoms with Gasteiger partial charge in [0, 0.05) is 5.92 Å². The number of hydrazine groups is 1. The van der Waals surface area contributed by atoms with Crippen molar-refractivity contribution in [3.05, 3.63) is 23.2 Å². The highest BCUT2D eigenvalue weighted by molar-refractivity contribution is 5.96. The molecule has 0 radical (unpaired) electrons. The fourth-order valence-electron chi connectivity index (χ4n) is 1.81. The van der Waals surface area contributed by atoms with Crippen LogP contribution in [0.5, 0.6) is 0 Å². The van der Waals surface area contributed by atoms with E-state index in [2.05, 4.69) is 10.9 Å². The topological polar surface area (TPSA) is 71.3 Å². The highest BCUT2D eigenvalue weighted by Crippen LogP contribution is 2.25. The Hall–Kier alpha value is -1.78. The van der Waals surface area contributed by atoms with Gasteiger partial charge in [0.25, 0.3) is 5.91 Å². The molecule has 0 bridgehead atoms. The minimum Gasteiger partial charge on any atom is -0.466 e. The van der Waals surface area contributed by atoms with Gasteiger partial charge in [-0.25, -0.2) is 0 Å². The summed E-state index contributed by atoms with van der Waals surface area (Å²) in [4.78, 5) is 23.2. The van der Waals surface area contributed by atoms with Crippen LogP contribution in [-0.4, -0.2) is 11.8 Å². The van der Waals surface area contributed by atoms with Crippen molar-refractivity contribution in [3.8, 4) is 0 Å². The average molecular weight is 236 g/mol. The first-order chi connectivity index (χ1) is 8.08. The summed E-state index contributed by atoms with van der Waals surface area (Å²) in [7, 11) is 0. The SMILES string of the molecule is Cc1cc(C(=O)NNC(=O)C2CCC2)c(C)o1. The summed E-state index contributed by atoms with van der Waals surface area (Å²) >= 11 is 0. The fourth-order valence-corrected chi connectivity index (χ4v) is 1.81. The molecule has 1 aromatic rings. The first kappa shape index (κ1) is 11.7. The van der Waals surface area contributed by atoms with Crippen LogP contribution < -0.4 is 10.9 Å². The van der Waals surface area contributed by atoms with Gasteiger partial charge in [0.1, 0.15) is 11.5 Å². The molecule has 1 heterocycles. The lowest BCUT2D eigenvalue weighted by Gasteiger charge is -2.23. The number of aryl methyl sites for hydroxylation is 2. The zero-order valence-corrected chi connectivity index (χ0v) is 10.0. The maximum absolute atomic E-state index is 11.7. The summed E-state index contributed by atoms with van der Waals surface area (Å²) in [6.07, 6.45) is 2.91. The number of hydrogen-bond donors (Lipinski definition) is 2. The van der Waals surface area contributed by atoms with E-state index < -0.39 is 0 Å². The molecule has 0 spiro atoms. The Morgan fingerprint density at radius 2 is 2.00 bits per heavy atom. The summed E-state index contributed by atoms with van der Waals surface area (Å²) in [6.45, 7) is 3.49. The van der Waals surface area contributed by atoms with E-state index in [1.807, 2.05) is 0 Å². The largest absolute Gasteiger partial charge is 0.466 e. The van der Waals surface area contributed by atoms with E-state index >= 15 is 0 Å². The van der Waals surface area contributed by atoms with Crippen LogP contribution in [0.2, 0.25) is 0 Å². The van der Waals surface area contributed by atoms with Crippen molar-refractivity contribution >= 4 is 11.8 Å². The number of amides is 2. The van der Waals surface area contributed by atoms with E-state index in [1.165, 1.54) is 0 Å². The average Bonchev–Trinajstić information content (AvgIpc) is 2.51. The molecule has 2 N–H and O–H groups in total. The number of hydrogen-bond acceptors (Lipinski definition) is 3. The minimum atomic E-state index is -0.341. The van der Waals surface area contributed by atoms with Gasteiger partial charge >= 0.3 is 0 Å². The molecule has 2 rings (SSSR count). The minimum absolute atomic E-state index is 0.0579. The van der Waals surface area contributed by atoms with Crippen LogP contribution in [0, 0.1) is 19.8 Å². The van der Waals surface area contributed by atoms with Gasteiger partial charge in [-0.05, 0) is 32.8 Å². The Bertz CT molecular complexity index is 447. The van der Waals surface area contributed by atoms with Gasteiger partial charge in [-0.3, -0.25) is 20.4 Å². The molecule has 1 aromatic heterocycles. The van der Waals surface area contributed by atoms with Crippen molar-refractivity contribution in [2.75, 3.05) is 0 Å². The Balaban J connectivity index is 1.88. The maximum Gasteiger partial charge on any atom is 0.273 e. The quantitative estimate of drug-likeness (QED) is 0.763. The lowest BCUT2D eigenvalue weighted by Crippen LogP contribution is -2.46. The third-order valence-electron chi connectivity index (χ3n) is 3.06. The maximum atomic E-state index is 11.7. The van der Waals surface area contributed by atoms with Crippen molar-refractivity contribution in [2.45, 2.75) is 33.1 Å². The molecular formula is C12H16N2O3. The Morgan fingerprint density at radius 1 is 1.29 bits per heavy atom. The van der Waals surface area contributed by atoms with Crippen LogP contribution in [0.25, 0.3) is 0 Å². The van der Waals surface area contributed by atoms with Gasteiger partial charge < -0.3 is 4.42 Å². The van der Waals surface area contributed by atoms with Crippen molar-refractivity contribution in [1.29, 1.82) is 0 Å². The summed E-state index contributed by atoms with van der Waals surface area (Å²) in [5.41, 5.74) is 5.30. The molecule has 0 aliphatic heterocycles. The highest BCUT2D eigenvalue weighted by atomic mass is 16.3. The molecule has 0 unspecified atom stereocenters. The molecule has 17 heavy (non-hydrogen) atoms. The molecule has 1 aliphatic carbocycles. The van der Waals surface area contributed by atoms with Crippen molar-refractivity contribution in [2.24, 2.45) is 5.92 Å². The normalized spacial score (nSPS) is 15.2. The second-order valence-electron chi connectivity index (χ2n) is 4.40. The smallest absolute Gasteiger partial charge is 0.273 e. The second kappa shape index (κ2) is 4.61. The van der Waals surface area contributed by atoms with Gasteiger partial charge in [0.15, 0.2) is 0 Å². The molecule has 0 saturated heterocycles. The third-order valence-corrected chi connectivity index (χ3v) is 3.06. The molecule has 92 valence electrons. The number of furan rings is 1. The Morgan fingerprint density at radius 3 is 2.47 bits per heavy atom. The molecule has 1 fully saturated rings. The van der Waals surface area contributed by atoms with Crippen LogP contribution in [-0.2, 0) is 4.79 Å². The Labute approximate surface area is 99.5 Å². The van der Waals surface area contributed by atoms with Gasteiger partial charge in [0.05, 0.1) is 5.56 Å². The third kappa shape index (κ3) is 2.49. The lowest BCUT2D eigenvalue weighted by atomic mass is 9.85. The summed E-state index contributed by atoms with van der Waals surface area (Å²) < 4.78 is 5.25. The number of carbonyl (C=O) groups excluding carboxylic acids is 2. The standard InChI is InChI=1S/C12H16N2O3/c1-7-6-10(8(2)17-7)12(16)14-13-11(15)9-4-3-5-9/h6,9H,3-5H2,1-2H3,(H,13,15)(H,14,16). The first-order valence-corrected chi connectivity index (χ1v) is 5.75. The van der Waals surface area contributed by atoms with Crippen molar-refractivity contribution in [1.82, 2.24) is 10.9 Å². The molecule has 1 aliphatic rings. The molecule has 1 saturated carbocycles. The van der Waals surface area contributed by atoms with Crippen LogP contribution in [0.3, 0.4) is 0 Å². The van der Waals surface area contributed by atoms with Crippen LogP contribution in [0.4, 0.5) is 0 Å². The van der Waals surface area contributed by atoms with Gasteiger partial charge in [-0.15, -0.1) is 0 Å². The van der Waals surface area contributed by atoms with E-state index in [9.17, 15) is 9.59 Å². The van der Waals surface area contributed by atoms with Crippen molar-refractivity contribution < 1.29 is 14.0 Å². The van der Waals surface area contributed by atoms with Gasteiger partial charge in [-0.2, -0.15) is 0 Å². The summed E-state index contributed by atoms with van der Waals surface area (Å²) in [6, 6.07) is 1.65. The van der Waals surface area contributed by atoms with E-state index in [-0.39, 0.29) is 17.7 Å². The summed E-state index contributed by atoms with van der Waals surface area (Å²) in [5, 5.41) is 0. The zero-order valence-electron chi connectivity index (χ0n) is 10.0. The fraction of sp³-hybridized carbons (Fsp3) is 0.500. The number of rotatable bonds is 2. The number of carbonyl (C=O) groups is 2. The molecular weight excluding hydrogens is 220 g/mol. The monoisotopic (exact) mass is 236 g/mol. The molecule has 2 amide bonds. The van der Waals surface area contributed by atoms with Gasteiger partial charge in [-0.1, -0.05) is 6.42 Å². The predicted octanol–water partition coefficient (Wildman–Crippen LogP) is 1.46. The van der Waals surface area contributed by atoms with E-state index in [0.29, 0.717) is 17.1 Å². The van der Waals surface area contributed by atoms with Crippen LogP contribution in [0.15, 0.2) is 10.5 Å². The number of nitrogens with one attached hydrogen (secondary N) is 2. The molecule has 0 atom stereocenters. The second-order valence-corrected chi connectivity index (χ2v) is 4.40. The highest BCUT2D eigenvalue weighted by Gasteiger charge is 2.25. The molecule has 5 nitrogen and oxygen atoms in total. The molecule has 0 aromatic carbocycles. The van der Waals surface area contributed by atoms with E-state index in [0.717, 1.165) is 19.3 Å². The Kier molecular flexibility index (Phi) is 3.17. The lowest BCUT2D eigenvalue weighted by molar-refractivity contribution is -0.128. The van der Waals surface area contributed by atoms with Gasteiger partial charge in [0.2, 0.25) is 5.91 Å². The van der Waals surface area contributed by atoms with Crippen LogP contribution >= 0.6 is 0 Å². The van der Waals surface area contributed by atoms with Crippen LogP contribution in [0.1, 0.15) is 41.1 Å².